The Morgan fingerprint density at radius 2 is 2.28 bits per heavy atom. The van der Waals surface area contributed by atoms with E-state index in [2.05, 4.69) is 30.6 Å². The molecule has 0 bridgehead atoms. The predicted octanol–water partition coefficient (Wildman–Crippen LogP) is 3.53. The van der Waals surface area contributed by atoms with E-state index in [-0.39, 0.29) is 10.7 Å². The number of nitrogens with one attached hydrogen (secondary N) is 1. The molecule has 3 rings (SSSR count). The van der Waals surface area contributed by atoms with Crippen molar-refractivity contribution < 1.29 is 13.7 Å². The minimum atomic E-state index is -1.77. The second-order valence-electron chi connectivity index (χ2n) is 4.79. The topological polar surface area (TPSA) is 80.7 Å². The third-order valence-electron chi connectivity index (χ3n) is 3.13. The number of aromatic nitrogens is 1. The fourth-order valence-electron chi connectivity index (χ4n) is 1.93. The van der Waals surface area contributed by atoms with Gasteiger partial charge in [0.25, 0.3) is 5.91 Å². The van der Waals surface area contributed by atoms with Crippen LogP contribution in [-0.2, 0) is 16.3 Å². The van der Waals surface area contributed by atoms with E-state index in [0.29, 0.717) is 16.4 Å². The quantitative estimate of drug-likeness (QED) is 0.706. The van der Waals surface area contributed by atoms with Crippen molar-refractivity contribution in [2.75, 3.05) is 12.4 Å². The van der Waals surface area contributed by atoms with Crippen LogP contribution in [0.25, 0.3) is 0 Å². The van der Waals surface area contributed by atoms with Crippen LogP contribution in [0.2, 0.25) is 5.02 Å². The van der Waals surface area contributed by atoms with Gasteiger partial charge in [-0.15, -0.1) is 11.3 Å². The van der Waals surface area contributed by atoms with Crippen molar-refractivity contribution in [1.82, 2.24) is 9.29 Å². The molecule has 0 spiro atoms. The largest absolute Gasteiger partial charge is 0.566 e. The molecule has 1 N–H and O–H groups in total. The van der Waals surface area contributed by atoms with E-state index in [9.17, 15) is 13.7 Å². The fraction of sp³-hybridized carbons (Fsp3) is 0.0714. The van der Waals surface area contributed by atoms with E-state index in [1.165, 1.54) is 40.9 Å². The van der Waals surface area contributed by atoms with Crippen molar-refractivity contribution >= 4 is 67.7 Å². The predicted molar refractivity (Wildman–Crippen MR) is 100 cm³/mol. The first-order valence-electron chi connectivity index (χ1n) is 6.69. The first-order valence-corrected chi connectivity index (χ1v) is 9.74. The smallest absolute Gasteiger partial charge is 0.276 e. The highest BCUT2D eigenvalue weighted by atomic mass is 79.9. The number of carbonyl (C=O) groups is 1. The van der Waals surface area contributed by atoms with Crippen molar-refractivity contribution in [2.45, 2.75) is 0 Å². The number of carbonyl (C=O) groups excluding carboxylic acids is 1. The zero-order valence-electron chi connectivity index (χ0n) is 12.5. The average Bonchev–Trinajstić information content (AvgIpc) is 3.00. The van der Waals surface area contributed by atoms with Crippen LogP contribution in [0, 0.1) is 5.82 Å². The number of rotatable bonds is 3. The Bertz CT molecular complexity index is 905. The first kappa shape index (κ1) is 18.3. The van der Waals surface area contributed by atoms with Gasteiger partial charge >= 0.3 is 0 Å². The van der Waals surface area contributed by atoms with Gasteiger partial charge in [-0.25, -0.2) is 9.37 Å². The molecule has 0 fully saturated rings. The van der Waals surface area contributed by atoms with Crippen LogP contribution in [-0.4, -0.2) is 32.5 Å². The van der Waals surface area contributed by atoms with E-state index >= 15 is 0 Å². The number of hydrogen-bond acceptors (Lipinski definition) is 6. The minimum absolute atomic E-state index is 0.109. The Balaban J connectivity index is 1.87. The van der Waals surface area contributed by atoms with Crippen LogP contribution in [0.3, 0.4) is 0 Å². The van der Waals surface area contributed by atoms with Gasteiger partial charge in [0.05, 0.1) is 22.1 Å². The number of hydrogen-bond donors (Lipinski definition) is 1. The second kappa shape index (κ2) is 7.42. The Labute approximate surface area is 163 Å². The van der Waals surface area contributed by atoms with Crippen LogP contribution < -0.4 is 5.32 Å². The lowest BCUT2D eigenvalue weighted by atomic mass is 10.2. The summed E-state index contributed by atoms with van der Waals surface area (Å²) < 4.78 is 31.4. The van der Waals surface area contributed by atoms with E-state index in [0.717, 1.165) is 9.85 Å². The van der Waals surface area contributed by atoms with Crippen molar-refractivity contribution in [3.05, 3.63) is 55.8 Å². The summed E-state index contributed by atoms with van der Waals surface area (Å²) in [5.41, 5.74) is 0.794. The average molecular weight is 464 g/mol. The van der Waals surface area contributed by atoms with Crippen molar-refractivity contribution in [3.8, 4) is 0 Å². The molecule has 130 valence electrons. The standard InChI is InChI=1S/C14H9BrClFN4O2S2/c1-21-11(13(22)19-7-2-3-9(17)8(16)4-7)5-10(20-25(21)23)14-18-6-12(15)24-14/h2-6H,1H3,(H,19,22). The minimum Gasteiger partial charge on any atom is -0.566 e. The van der Waals surface area contributed by atoms with Crippen LogP contribution in [0.4, 0.5) is 10.1 Å². The molecule has 1 unspecified atom stereocenters. The number of nitrogens with zero attached hydrogens (tertiary/aromatic N) is 3. The normalized spacial score (nSPS) is 17.2. The van der Waals surface area contributed by atoms with Gasteiger partial charge in [-0.05, 0) is 38.5 Å². The molecule has 1 aliphatic heterocycles. The Morgan fingerprint density at radius 3 is 2.92 bits per heavy atom. The van der Waals surface area contributed by atoms with Crippen LogP contribution in [0.1, 0.15) is 5.01 Å². The van der Waals surface area contributed by atoms with Crippen LogP contribution in [0.15, 0.2) is 44.4 Å². The SMILES string of the molecule is CN1C(C(=O)Nc2ccc(F)c(Cl)c2)=CC(c2ncc(Br)s2)=N[S+]1[O-]. The highest BCUT2D eigenvalue weighted by molar-refractivity contribution is 9.11. The molecule has 1 aromatic heterocycles. The maximum atomic E-state index is 13.2. The molecule has 1 aromatic carbocycles. The zero-order valence-corrected chi connectivity index (χ0v) is 16.5. The molecule has 1 aliphatic rings. The van der Waals surface area contributed by atoms with E-state index in [1.807, 2.05) is 0 Å². The molecule has 11 heteroatoms. The summed E-state index contributed by atoms with van der Waals surface area (Å²) in [6.45, 7) is 0. The highest BCUT2D eigenvalue weighted by Gasteiger charge is 2.31. The Hall–Kier alpha value is -1.46. The molecule has 25 heavy (non-hydrogen) atoms. The number of anilines is 1. The zero-order chi connectivity index (χ0) is 18.1. The van der Waals surface area contributed by atoms with Gasteiger partial charge in [0.2, 0.25) is 11.5 Å². The number of thiazole rings is 1. The van der Waals surface area contributed by atoms with E-state index in [4.69, 9.17) is 11.6 Å². The molecular weight excluding hydrogens is 455 g/mol. The monoisotopic (exact) mass is 462 g/mol. The molecule has 2 heterocycles. The summed E-state index contributed by atoms with van der Waals surface area (Å²) in [5, 5.41) is 3.01. The maximum Gasteiger partial charge on any atom is 0.276 e. The molecule has 0 radical (unpaired) electrons. The Morgan fingerprint density at radius 1 is 1.52 bits per heavy atom. The maximum absolute atomic E-state index is 13.2. The first-order chi connectivity index (χ1) is 11.8. The van der Waals surface area contributed by atoms with Gasteiger partial charge in [-0.1, -0.05) is 11.6 Å². The second-order valence-corrected chi connectivity index (χ2v) is 8.80. The van der Waals surface area contributed by atoms with Gasteiger partial charge < -0.3 is 9.87 Å². The molecule has 1 atom stereocenters. The summed E-state index contributed by atoms with van der Waals surface area (Å²) >= 11 is 8.55. The lowest BCUT2D eigenvalue weighted by molar-refractivity contribution is -0.113. The third kappa shape index (κ3) is 4.04. The van der Waals surface area contributed by atoms with E-state index in [1.54, 1.807) is 6.20 Å². The molecule has 0 saturated heterocycles. The number of allylic oxidation sites excluding steroid dienone is 1. The van der Waals surface area contributed by atoms with Gasteiger partial charge in [0.15, 0.2) is 11.4 Å². The number of halogens is 3. The van der Waals surface area contributed by atoms with Crippen molar-refractivity contribution in [2.24, 2.45) is 4.40 Å². The fourth-order valence-corrected chi connectivity index (χ4v) is 4.07. The molecule has 2 aromatic rings. The van der Waals surface area contributed by atoms with Crippen LogP contribution >= 0.6 is 38.9 Å². The summed E-state index contributed by atoms with van der Waals surface area (Å²) in [5.74, 6) is -1.11. The van der Waals surface area contributed by atoms with Gasteiger partial charge in [0, 0.05) is 11.8 Å². The Kier molecular flexibility index (Phi) is 5.44. The summed E-state index contributed by atoms with van der Waals surface area (Å²) in [6, 6.07) is 3.82. The van der Waals surface area contributed by atoms with Gasteiger partial charge in [-0.2, -0.15) is 4.31 Å². The molecule has 1 amide bonds. The molecule has 0 saturated carbocycles. The highest BCUT2D eigenvalue weighted by Crippen LogP contribution is 2.26. The molecular formula is C14H9BrClFN4O2S2. The molecule has 6 nitrogen and oxygen atoms in total. The van der Waals surface area contributed by atoms with Gasteiger partial charge in [-0.3, -0.25) is 4.79 Å². The molecule has 0 aliphatic carbocycles. The van der Waals surface area contributed by atoms with E-state index < -0.39 is 23.3 Å². The van der Waals surface area contributed by atoms with Crippen molar-refractivity contribution in [1.29, 1.82) is 0 Å². The number of benzene rings is 1. The summed E-state index contributed by atoms with van der Waals surface area (Å²) in [4.78, 5) is 16.7. The van der Waals surface area contributed by atoms with Crippen molar-refractivity contribution in [3.63, 3.8) is 0 Å². The summed E-state index contributed by atoms with van der Waals surface area (Å²) in [6.07, 6.45) is 3.09. The third-order valence-corrected chi connectivity index (χ3v) is 5.94. The van der Waals surface area contributed by atoms with Gasteiger partial charge in [0.1, 0.15) is 10.8 Å². The number of likely N-dealkylation sites (N-methyl/N-ethyl adjacent to an activating group) is 1. The lowest BCUT2D eigenvalue weighted by Crippen LogP contribution is -2.35. The number of amides is 1. The summed E-state index contributed by atoms with van der Waals surface area (Å²) in [7, 11) is 1.48. The lowest BCUT2D eigenvalue weighted by Gasteiger charge is -2.22. The van der Waals surface area contributed by atoms with Crippen LogP contribution in [0.5, 0.6) is 0 Å².